The first-order valence-corrected chi connectivity index (χ1v) is 11.8. The maximum Gasteiger partial charge on any atom is 0.263 e. The Kier molecular flexibility index (Phi) is 6.28. The lowest BCUT2D eigenvalue weighted by molar-refractivity contribution is -0.113. The van der Waals surface area contributed by atoms with E-state index in [0.29, 0.717) is 48.4 Å². The van der Waals surface area contributed by atoms with Crippen LogP contribution < -0.4 is 4.90 Å². The molecule has 34 heavy (non-hydrogen) atoms. The van der Waals surface area contributed by atoms with Crippen LogP contribution in [0.15, 0.2) is 94.9 Å². The molecule has 2 heterocycles. The van der Waals surface area contributed by atoms with Crippen LogP contribution in [0.3, 0.4) is 0 Å². The van der Waals surface area contributed by atoms with E-state index in [1.807, 2.05) is 36.4 Å². The zero-order chi connectivity index (χ0) is 23.8. The van der Waals surface area contributed by atoms with Gasteiger partial charge in [0.25, 0.3) is 5.91 Å². The summed E-state index contributed by atoms with van der Waals surface area (Å²) < 4.78 is 5.97. The summed E-state index contributed by atoms with van der Waals surface area (Å²) >= 11 is 24.8. The molecule has 0 saturated carbocycles. The Hall–Kier alpha value is -2.95. The molecule has 0 aliphatic carbocycles. The van der Waals surface area contributed by atoms with Gasteiger partial charge >= 0.3 is 0 Å². The molecule has 1 aliphatic heterocycles. The highest BCUT2D eigenvalue weighted by Crippen LogP contribution is 2.38. The molecule has 1 aliphatic rings. The van der Waals surface area contributed by atoms with Crippen LogP contribution in [0.2, 0.25) is 20.1 Å². The Labute approximate surface area is 216 Å². The molecular formula is C27H15Cl4NO2. The van der Waals surface area contributed by atoms with E-state index >= 15 is 0 Å². The lowest BCUT2D eigenvalue weighted by Gasteiger charge is -2.21. The first-order chi connectivity index (χ1) is 16.4. The zero-order valence-electron chi connectivity index (χ0n) is 17.4. The highest BCUT2D eigenvalue weighted by molar-refractivity contribution is 6.42. The molecule has 0 saturated heterocycles. The summed E-state index contributed by atoms with van der Waals surface area (Å²) in [4.78, 5) is 15.1. The van der Waals surface area contributed by atoms with Crippen molar-refractivity contribution in [2.24, 2.45) is 0 Å². The van der Waals surface area contributed by atoms with Gasteiger partial charge in [0.1, 0.15) is 11.5 Å². The van der Waals surface area contributed by atoms with Crippen LogP contribution in [0.5, 0.6) is 0 Å². The number of hydrogen-bond acceptors (Lipinski definition) is 2. The number of amides is 1. The number of nitrogens with zero attached hydrogens (tertiary/aromatic N) is 1. The SMILES string of the molecule is O=C1/C(=C/c2ccc(-c3cc(Cl)ccc3Cl)o2)C=C(c2ccccc2)N1c1ccc(Cl)c(Cl)c1. The van der Waals surface area contributed by atoms with Crippen molar-refractivity contribution in [3.8, 4) is 11.3 Å². The van der Waals surface area contributed by atoms with Crippen LogP contribution in [0.25, 0.3) is 23.1 Å². The Bertz CT molecular complexity index is 1470. The largest absolute Gasteiger partial charge is 0.457 e. The van der Waals surface area contributed by atoms with Crippen molar-refractivity contribution in [3.63, 3.8) is 0 Å². The van der Waals surface area contributed by atoms with Crippen molar-refractivity contribution < 1.29 is 9.21 Å². The quantitative estimate of drug-likeness (QED) is 0.248. The van der Waals surface area contributed by atoms with Gasteiger partial charge in [-0.2, -0.15) is 0 Å². The van der Waals surface area contributed by atoms with Crippen LogP contribution in [-0.4, -0.2) is 5.91 Å². The standard InChI is InChI=1S/C27H15Cl4NO2/c28-18-6-9-22(29)21(14-18)26-11-8-20(34-26)12-17-13-25(16-4-2-1-3-5-16)32(27(17)33)19-7-10-23(30)24(31)15-19/h1-15H/b17-12+. The van der Waals surface area contributed by atoms with Crippen LogP contribution in [-0.2, 0) is 4.79 Å². The van der Waals surface area contributed by atoms with Gasteiger partial charge in [-0.25, -0.2) is 0 Å². The molecule has 0 spiro atoms. The number of furan rings is 1. The molecule has 1 aromatic heterocycles. The minimum Gasteiger partial charge on any atom is -0.457 e. The summed E-state index contributed by atoms with van der Waals surface area (Å²) in [6.45, 7) is 0. The second kappa shape index (κ2) is 9.36. The van der Waals surface area contributed by atoms with Crippen molar-refractivity contribution in [1.29, 1.82) is 0 Å². The van der Waals surface area contributed by atoms with Crippen molar-refractivity contribution >= 4 is 69.8 Å². The number of halogens is 4. The Morgan fingerprint density at radius 1 is 0.765 bits per heavy atom. The fourth-order valence-electron chi connectivity index (χ4n) is 3.73. The molecule has 0 bridgehead atoms. The van der Waals surface area contributed by atoms with E-state index in [2.05, 4.69) is 0 Å². The van der Waals surface area contributed by atoms with Gasteiger partial charge in [-0.1, -0.05) is 76.7 Å². The Balaban J connectivity index is 1.56. The number of hydrogen-bond donors (Lipinski definition) is 0. The maximum absolute atomic E-state index is 13.5. The first-order valence-electron chi connectivity index (χ1n) is 10.2. The molecule has 0 unspecified atom stereocenters. The fourth-order valence-corrected chi connectivity index (χ4v) is 4.41. The topological polar surface area (TPSA) is 33.5 Å². The van der Waals surface area contributed by atoms with Crippen molar-refractivity contribution in [3.05, 3.63) is 122 Å². The molecule has 1 amide bonds. The summed E-state index contributed by atoms with van der Waals surface area (Å²) in [5.41, 5.74) is 3.36. The van der Waals surface area contributed by atoms with Gasteiger partial charge < -0.3 is 4.42 Å². The number of carbonyl (C=O) groups excluding carboxylic acids is 1. The minimum absolute atomic E-state index is 0.212. The number of carbonyl (C=O) groups is 1. The summed E-state index contributed by atoms with van der Waals surface area (Å²) in [5, 5.41) is 1.85. The molecule has 3 aromatic carbocycles. The van der Waals surface area contributed by atoms with Gasteiger partial charge in [-0.05, 0) is 66.2 Å². The molecular weight excluding hydrogens is 512 g/mol. The predicted octanol–water partition coefficient (Wildman–Crippen LogP) is 9.03. The third-order valence-corrected chi connectivity index (χ3v) is 6.64. The summed E-state index contributed by atoms with van der Waals surface area (Å²) in [6.07, 6.45) is 3.53. The number of benzene rings is 3. The predicted molar refractivity (Wildman–Crippen MR) is 141 cm³/mol. The van der Waals surface area contributed by atoms with E-state index in [9.17, 15) is 4.79 Å². The molecule has 3 nitrogen and oxygen atoms in total. The molecule has 168 valence electrons. The Morgan fingerprint density at radius 2 is 1.53 bits per heavy atom. The number of anilines is 1. The lowest BCUT2D eigenvalue weighted by atomic mass is 10.1. The average Bonchev–Trinajstić information content (AvgIpc) is 3.43. The molecule has 4 aromatic rings. The Morgan fingerprint density at radius 3 is 2.29 bits per heavy atom. The molecule has 0 fully saturated rings. The van der Waals surface area contributed by atoms with Crippen LogP contribution >= 0.6 is 46.4 Å². The second-order valence-corrected chi connectivity index (χ2v) is 9.22. The smallest absolute Gasteiger partial charge is 0.263 e. The van der Waals surface area contributed by atoms with Gasteiger partial charge in [0.05, 0.1) is 26.5 Å². The van der Waals surface area contributed by atoms with Crippen molar-refractivity contribution in [1.82, 2.24) is 0 Å². The highest BCUT2D eigenvalue weighted by atomic mass is 35.5. The molecule has 0 radical (unpaired) electrons. The lowest BCUT2D eigenvalue weighted by Crippen LogP contribution is -2.24. The molecule has 0 N–H and O–H groups in total. The maximum atomic E-state index is 13.5. The van der Waals surface area contributed by atoms with Gasteiger partial charge in [0, 0.05) is 16.2 Å². The number of rotatable bonds is 4. The third-order valence-electron chi connectivity index (χ3n) is 5.33. The summed E-state index contributed by atoms with van der Waals surface area (Å²) in [5.74, 6) is 0.850. The second-order valence-electron chi connectivity index (χ2n) is 7.56. The van der Waals surface area contributed by atoms with Gasteiger partial charge in [-0.15, -0.1) is 0 Å². The van der Waals surface area contributed by atoms with E-state index < -0.39 is 0 Å². The third kappa shape index (κ3) is 4.40. The average molecular weight is 527 g/mol. The first kappa shape index (κ1) is 22.8. The highest BCUT2D eigenvalue weighted by Gasteiger charge is 2.31. The van der Waals surface area contributed by atoms with E-state index in [-0.39, 0.29) is 5.91 Å². The monoisotopic (exact) mass is 525 g/mol. The van der Waals surface area contributed by atoms with E-state index in [1.54, 1.807) is 59.5 Å². The fraction of sp³-hybridized carbons (Fsp3) is 0. The van der Waals surface area contributed by atoms with Gasteiger partial charge in [0.15, 0.2) is 0 Å². The van der Waals surface area contributed by atoms with E-state index in [4.69, 9.17) is 50.8 Å². The normalized spacial score (nSPS) is 14.7. The van der Waals surface area contributed by atoms with Crippen molar-refractivity contribution in [2.45, 2.75) is 0 Å². The minimum atomic E-state index is -0.212. The molecule has 5 rings (SSSR count). The van der Waals surface area contributed by atoms with Crippen molar-refractivity contribution in [2.75, 3.05) is 4.90 Å². The zero-order valence-corrected chi connectivity index (χ0v) is 20.5. The van der Waals surface area contributed by atoms with E-state index in [0.717, 1.165) is 11.3 Å². The van der Waals surface area contributed by atoms with Crippen LogP contribution in [0.1, 0.15) is 11.3 Å². The van der Waals surface area contributed by atoms with Gasteiger partial charge in [0.2, 0.25) is 0 Å². The van der Waals surface area contributed by atoms with Crippen LogP contribution in [0, 0.1) is 0 Å². The van der Waals surface area contributed by atoms with Crippen LogP contribution in [0.4, 0.5) is 5.69 Å². The summed E-state index contributed by atoms with van der Waals surface area (Å²) in [6, 6.07) is 23.5. The summed E-state index contributed by atoms with van der Waals surface area (Å²) in [7, 11) is 0. The van der Waals surface area contributed by atoms with E-state index in [1.165, 1.54) is 0 Å². The van der Waals surface area contributed by atoms with Gasteiger partial charge in [-0.3, -0.25) is 9.69 Å². The molecule has 7 heteroatoms. The molecule has 0 atom stereocenters.